The van der Waals surface area contributed by atoms with Gasteiger partial charge in [0.15, 0.2) is 0 Å². The van der Waals surface area contributed by atoms with Crippen molar-refractivity contribution in [3.05, 3.63) is 35.9 Å². The van der Waals surface area contributed by atoms with Gasteiger partial charge in [-0.1, -0.05) is 32.0 Å². The Balaban J connectivity index is 1.52. The first-order valence-corrected chi connectivity index (χ1v) is 13.7. The number of piperazine rings is 1. The molecule has 1 aromatic rings. The summed E-state index contributed by atoms with van der Waals surface area (Å²) < 4.78 is 0. The Bertz CT molecular complexity index is 1100. The van der Waals surface area contributed by atoms with Crippen LogP contribution >= 0.6 is 0 Å². The van der Waals surface area contributed by atoms with Gasteiger partial charge in [-0.3, -0.25) is 28.8 Å². The third kappa shape index (κ3) is 7.87. The molecule has 1 aromatic carbocycles. The number of hydrogen-bond acceptors (Lipinski definition) is 7. The zero-order valence-electron chi connectivity index (χ0n) is 23.6. The lowest BCUT2D eigenvalue weighted by molar-refractivity contribution is -0.142. The highest BCUT2D eigenvalue weighted by molar-refractivity contribution is 6.38. The van der Waals surface area contributed by atoms with Crippen LogP contribution in [0.15, 0.2) is 30.3 Å². The summed E-state index contributed by atoms with van der Waals surface area (Å²) in [7, 11) is 1.96. The molecule has 3 rings (SSSR count). The lowest BCUT2D eigenvalue weighted by atomic mass is 9.98. The molecular weight excluding hydrogens is 516 g/mol. The zero-order chi connectivity index (χ0) is 29.4. The fourth-order valence-corrected chi connectivity index (χ4v) is 4.77. The molecule has 3 N–H and O–H groups in total. The van der Waals surface area contributed by atoms with Crippen LogP contribution in [-0.4, -0.2) is 114 Å². The molecule has 218 valence electrons. The molecule has 2 fully saturated rings. The Morgan fingerprint density at radius 2 is 1.55 bits per heavy atom. The first kappa shape index (κ1) is 30.7. The van der Waals surface area contributed by atoms with Crippen LogP contribution in [0.2, 0.25) is 0 Å². The molecule has 2 aliphatic rings. The molecule has 1 unspecified atom stereocenters. The van der Waals surface area contributed by atoms with E-state index >= 15 is 0 Å². The van der Waals surface area contributed by atoms with E-state index < -0.39 is 47.5 Å². The minimum absolute atomic E-state index is 0.252. The van der Waals surface area contributed by atoms with Crippen molar-refractivity contribution >= 4 is 35.3 Å². The Morgan fingerprint density at radius 3 is 2.17 bits per heavy atom. The molecule has 0 bridgehead atoms. The third-order valence-electron chi connectivity index (χ3n) is 7.32. The highest BCUT2D eigenvalue weighted by Gasteiger charge is 2.36. The van der Waals surface area contributed by atoms with Crippen LogP contribution in [0, 0.1) is 5.92 Å². The van der Waals surface area contributed by atoms with Gasteiger partial charge >= 0.3 is 0 Å². The summed E-state index contributed by atoms with van der Waals surface area (Å²) in [6.45, 7) is 7.53. The van der Waals surface area contributed by atoms with Gasteiger partial charge < -0.3 is 30.7 Å². The monoisotopic (exact) mass is 556 g/mol. The lowest BCUT2D eigenvalue weighted by Gasteiger charge is -2.32. The molecule has 0 radical (unpaired) electrons. The molecule has 12 heteroatoms. The van der Waals surface area contributed by atoms with Gasteiger partial charge in [0.2, 0.25) is 23.5 Å². The second kappa shape index (κ2) is 14.0. The van der Waals surface area contributed by atoms with Crippen LogP contribution in [0.3, 0.4) is 0 Å². The summed E-state index contributed by atoms with van der Waals surface area (Å²) in [6, 6.07) is 5.81. The van der Waals surface area contributed by atoms with E-state index in [2.05, 4.69) is 20.9 Å². The van der Waals surface area contributed by atoms with Crippen molar-refractivity contribution in [2.45, 2.75) is 51.7 Å². The first-order valence-electron chi connectivity index (χ1n) is 13.7. The number of nitrogens with one attached hydrogen (secondary N) is 3. The first-order chi connectivity index (χ1) is 19.0. The van der Waals surface area contributed by atoms with E-state index in [1.165, 1.54) is 11.8 Å². The van der Waals surface area contributed by atoms with Crippen molar-refractivity contribution in [1.82, 2.24) is 30.7 Å². The smallest absolute Gasteiger partial charge is 0.290 e. The summed E-state index contributed by atoms with van der Waals surface area (Å²) in [4.78, 5) is 81.9. The lowest BCUT2D eigenvalue weighted by Crippen LogP contribution is -2.57. The molecule has 3 atom stereocenters. The third-order valence-corrected chi connectivity index (χ3v) is 7.32. The summed E-state index contributed by atoms with van der Waals surface area (Å²) in [5.74, 6) is -3.88. The molecule has 2 saturated heterocycles. The van der Waals surface area contributed by atoms with Gasteiger partial charge in [0.25, 0.3) is 11.8 Å². The molecule has 12 nitrogen and oxygen atoms in total. The topological polar surface area (TPSA) is 148 Å². The van der Waals surface area contributed by atoms with Gasteiger partial charge in [-0.15, -0.1) is 0 Å². The van der Waals surface area contributed by atoms with E-state index in [0.29, 0.717) is 38.0 Å². The van der Waals surface area contributed by atoms with Gasteiger partial charge in [0, 0.05) is 38.3 Å². The van der Waals surface area contributed by atoms with Crippen molar-refractivity contribution in [3.63, 3.8) is 0 Å². The van der Waals surface area contributed by atoms with E-state index in [4.69, 9.17) is 0 Å². The number of carbonyl (C=O) groups is 6. The number of rotatable bonds is 10. The average molecular weight is 557 g/mol. The number of carbonyl (C=O) groups excluding carboxylic acids is 6. The summed E-state index contributed by atoms with van der Waals surface area (Å²) >= 11 is 0. The van der Waals surface area contributed by atoms with E-state index in [1.807, 2.05) is 7.05 Å². The molecule has 0 aliphatic carbocycles. The average Bonchev–Trinajstić information content (AvgIpc) is 3.44. The summed E-state index contributed by atoms with van der Waals surface area (Å²) in [5, 5.41) is 7.58. The molecule has 5 amide bonds. The molecular formula is C28H40N6O6. The molecule has 40 heavy (non-hydrogen) atoms. The van der Waals surface area contributed by atoms with Crippen molar-refractivity contribution in [2.24, 2.45) is 5.92 Å². The van der Waals surface area contributed by atoms with Gasteiger partial charge in [-0.25, -0.2) is 0 Å². The number of ketones is 1. The normalized spacial score (nSPS) is 19.1. The second-order valence-electron chi connectivity index (χ2n) is 10.7. The van der Waals surface area contributed by atoms with Crippen LogP contribution in [-0.2, 0) is 24.0 Å². The standard InChI is InChI=1S/C28H40N6O6/c1-18(2)23(24(36)27(39)29-17-22(35)33-15-13-32(4)14-16-33)31-25(37)19(3)30-26(38)21-11-8-12-34(21)28(40)20-9-6-5-7-10-20/h5-7,9-10,18-19,21,23H,8,11-17H2,1-4H3,(H,29,39)(H,30,38)(H,31,37)/t19-,21?,23-/m0/s1. The maximum absolute atomic E-state index is 13.0. The van der Waals surface area contributed by atoms with Crippen LogP contribution in [0.5, 0.6) is 0 Å². The van der Waals surface area contributed by atoms with Crippen LogP contribution in [0.1, 0.15) is 44.0 Å². The van der Waals surface area contributed by atoms with Crippen LogP contribution in [0.25, 0.3) is 0 Å². The maximum Gasteiger partial charge on any atom is 0.290 e. The zero-order valence-corrected chi connectivity index (χ0v) is 23.6. The summed E-state index contributed by atoms with van der Waals surface area (Å²) in [5.41, 5.74) is 0.481. The van der Waals surface area contributed by atoms with Crippen LogP contribution < -0.4 is 16.0 Å². The minimum atomic E-state index is -1.15. The summed E-state index contributed by atoms with van der Waals surface area (Å²) in [6.07, 6.45) is 1.13. The van der Waals surface area contributed by atoms with Crippen molar-refractivity contribution in [3.8, 4) is 0 Å². The molecule has 0 saturated carbocycles. The number of amides is 5. The largest absolute Gasteiger partial charge is 0.344 e. The highest BCUT2D eigenvalue weighted by Crippen LogP contribution is 2.20. The van der Waals surface area contributed by atoms with Crippen molar-refractivity contribution in [1.29, 1.82) is 0 Å². The van der Waals surface area contributed by atoms with Gasteiger partial charge in [-0.2, -0.15) is 0 Å². The van der Waals surface area contributed by atoms with E-state index in [-0.39, 0.29) is 18.4 Å². The second-order valence-corrected chi connectivity index (χ2v) is 10.7. The number of Topliss-reactive ketones (excluding diaryl/α,β-unsaturated/α-hetero) is 1. The quantitative estimate of drug-likeness (QED) is 0.326. The Morgan fingerprint density at radius 1 is 0.900 bits per heavy atom. The molecule has 0 spiro atoms. The number of likely N-dealkylation sites (N-methyl/N-ethyl adjacent to an activating group) is 1. The Hall–Kier alpha value is -3.80. The predicted octanol–water partition coefficient (Wildman–Crippen LogP) is -0.604. The Labute approximate surface area is 234 Å². The predicted molar refractivity (Wildman–Crippen MR) is 147 cm³/mol. The van der Waals surface area contributed by atoms with Gasteiger partial charge in [0.05, 0.1) is 12.6 Å². The maximum atomic E-state index is 13.0. The molecule has 2 aliphatic heterocycles. The van der Waals surface area contributed by atoms with E-state index in [1.54, 1.807) is 49.1 Å². The molecule has 2 heterocycles. The van der Waals surface area contributed by atoms with Crippen LogP contribution in [0.4, 0.5) is 0 Å². The van der Waals surface area contributed by atoms with Gasteiger partial charge in [0.1, 0.15) is 12.1 Å². The number of benzene rings is 1. The number of nitrogens with zero attached hydrogens (tertiary/aromatic N) is 3. The van der Waals surface area contributed by atoms with E-state index in [0.717, 1.165) is 13.1 Å². The highest BCUT2D eigenvalue weighted by atomic mass is 16.2. The van der Waals surface area contributed by atoms with Gasteiger partial charge in [-0.05, 0) is 44.9 Å². The SMILES string of the molecule is CC(C)[C@H](NC(=O)[C@H](C)NC(=O)C1CCCN1C(=O)c1ccccc1)C(=O)C(=O)NCC(=O)N1CCN(C)CC1. The minimum Gasteiger partial charge on any atom is -0.344 e. The van der Waals surface area contributed by atoms with Crippen molar-refractivity contribution in [2.75, 3.05) is 46.3 Å². The molecule has 0 aromatic heterocycles. The fourth-order valence-electron chi connectivity index (χ4n) is 4.77. The number of likely N-dealkylation sites (tertiary alicyclic amines) is 1. The van der Waals surface area contributed by atoms with E-state index in [9.17, 15) is 28.8 Å². The Kier molecular flexibility index (Phi) is 10.8. The fraction of sp³-hybridized carbons (Fsp3) is 0.571. The van der Waals surface area contributed by atoms with Crippen molar-refractivity contribution < 1.29 is 28.8 Å². The number of hydrogen-bond donors (Lipinski definition) is 3.